The zero-order chi connectivity index (χ0) is 13.8. The highest BCUT2D eigenvalue weighted by atomic mass is 14.5. The maximum Gasteiger partial charge on any atom is 0.0142 e. The molecule has 2 N–H and O–H groups in total. The van der Waals surface area contributed by atoms with E-state index in [2.05, 4.69) is 33.8 Å². The van der Waals surface area contributed by atoms with Gasteiger partial charge in [0.2, 0.25) is 0 Å². The molecule has 18 heavy (non-hydrogen) atoms. The van der Waals surface area contributed by atoms with Gasteiger partial charge in [0, 0.05) is 6.54 Å². The van der Waals surface area contributed by atoms with Crippen molar-refractivity contribution < 1.29 is 0 Å². The molecular formula is C17H33N. The lowest BCUT2D eigenvalue weighted by atomic mass is 9.90. The van der Waals surface area contributed by atoms with Crippen molar-refractivity contribution in [2.45, 2.75) is 79.1 Å². The maximum absolute atomic E-state index is 5.97. The summed E-state index contributed by atoms with van der Waals surface area (Å²) in [5, 5.41) is 0. The van der Waals surface area contributed by atoms with Gasteiger partial charge in [0.25, 0.3) is 0 Å². The Bertz CT molecular complexity index is 261. The van der Waals surface area contributed by atoms with Crippen molar-refractivity contribution >= 4 is 0 Å². The number of hydrogen-bond acceptors (Lipinski definition) is 1. The van der Waals surface area contributed by atoms with Crippen LogP contribution in [0.1, 0.15) is 79.1 Å². The Morgan fingerprint density at radius 1 is 0.833 bits per heavy atom. The monoisotopic (exact) mass is 251 g/mol. The van der Waals surface area contributed by atoms with Crippen molar-refractivity contribution in [1.29, 1.82) is 0 Å². The van der Waals surface area contributed by atoms with E-state index in [0.29, 0.717) is 0 Å². The molecule has 1 heteroatoms. The van der Waals surface area contributed by atoms with E-state index in [0.717, 1.165) is 6.54 Å². The third kappa shape index (κ3) is 6.39. The van der Waals surface area contributed by atoms with Crippen molar-refractivity contribution in [1.82, 2.24) is 0 Å². The van der Waals surface area contributed by atoms with Gasteiger partial charge in [-0.3, -0.25) is 0 Å². The molecule has 0 saturated heterocycles. The summed E-state index contributed by atoms with van der Waals surface area (Å²) in [6.45, 7) is 9.76. The van der Waals surface area contributed by atoms with E-state index in [1.807, 2.05) is 0 Å². The lowest BCUT2D eigenvalue weighted by Gasteiger charge is -2.17. The summed E-state index contributed by atoms with van der Waals surface area (Å²) in [7, 11) is 0. The zero-order valence-electron chi connectivity index (χ0n) is 13.0. The van der Waals surface area contributed by atoms with E-state index in [4.69, 9.17) is 5.73 Å². The van der Waals surface area contributed by atoms with Crippen LogP contribution in [0.3, 0.4) is 0 Å². The van der Waals surface area contributed by atoms with Gasteiger partial charge in [-0.25, -0.2) is 0 Å². The van der Waals surface area contributed by atoms with Gasteiger partial charge in [0.1, 0.15) is 0 Å². The molecule has 0 aliphatic heterocycles. The molecule has 0 atom stereocenters. The van der Waals surface area contributed by atoms with Crippen LogP contribution in [0.4, 0.5) is 0 Å². The second-order valence-corrected chi connectivity index (χ2v) is 5.05. The molecule has 106 valence electrons. The minimum atomic E-state index is 0.732. The van der Waals surface area contributed by atoms with Crippen molar-refractivity contribution in [3.8, 4) is 0 Å². The molecule has 0 unspecified atom stereocenters. The standard InChI is InChI=1S/C17H33N/c1-5-9-13-15(10-6-2)17(12-8-4)16(14-18)11-7-3/h13H,5-12,14,18H2,1-4H3/b15-13+,17-16-. The fourth-order valence-corrected chi connectivity index (χ4v) is 2.46. The first-order valence-corrected chi connectivity index (χ1v) is 7.85. The second-order valence-electron chi connectivity index (χ2n) is 5.05. The van der Waals surface area contributed by atoms with Crippen molar-refractivity contribution in [2.75, 3.05) is 6.54 Å². The third-order valence-corrected chi connectivity index (χ3v) is 3.31. The average Bonchev–Trinajstić information content (AvgIpc) is 2.39. The molecule has 0 bridgehead atoms. The molecule has 0 rings (SSSR count). The summed E-state index contributed by atoms with van der Waals surface area (Å²) < 4.78 is 0. The molecule has 0 radical (unpaired) electrons. The summed E-state index contributed by atoms with van der Waals surface area (Å²) in [4.78, 5) is 0. The molecule has 0 amide bonds. The van der Waals surface area contributed by atoms with E-state index in [1.165, 1.54) is 56.9 Å². The molecule has 0 spiro atoms. The highest BCUT2D eigenvalue weighted by Gasteiger charge is 2.09. The van der Waals surface area contributed by atoms with E-state index in [-0.39, 0.29) is 0 Å². The van der Waals surface area contributed by atoms with E-state index >= 15 is 0 Å². The normalized spacial score (nSPS) is 13.7. The van der Waals surface area contributed by atoms with Crippen LogP contribution < -0.4 is 5.73 Å². The molecule has 0 heterocycles. The van der Waals surface area contributed by atoms with Crippen LogP contribution in [0.15, 0.2) is 22.8 Å². The van der Waals surface area contributed by atoms with Crippen LogP contribution in [0.25, 0.3) is 0 Å². The van der Waals surface area contributed by atoms with E-state index < -0.39 is 0 Å². The minimum Gasteiger partial charge on any atom is -0.327 e. The predicted molar refractivity (Wildman–Crippen MR) is 83.8 cm³/mol. The molecule has 0 aromatic heterocycles. The van der Waals surface area contributed by atoms with Gasteiger partial charge in [0.15, 0.2) is 0 Å². The Morgan fingerprint density at radius 2 is 1.44 bits per heavy atom. The highest BCUT2D eigenvalue weighted by Crippen LogP contribution is 2.27. The van der Waals surface area contributed by atoms with E-state index in [9.17, 15) is 0 Å². The first-order valence-electron chi connectivity index (χ1n) is 7.85. The van der Waals surface area contributed by atoms with Gasteiger partial charge in [-0.05, 0) is 36.8 Å². The number of hydrogen-bond donors (Lipinski definition) is 1. The molecule has 0 aromatic rings. The quantitative estimate of drug-likeness (QED) is 0.519. The molecule has 0 aliphatic rings. The Balaban J connectivity index is 5.21. The first-order chi connectivity index (χ1) is 8.74. The van der Waals surface area contributed by atoms with Gasteiger partial charge in [-0.1, -0.05) is 65.0 Å². The van der Waals surface area contributed by atoms with Crippen LogP contribution in [-0.2, 0) is 0 Å². The van der Waals surface area contributed by atoms with Gasteiger partial charge >= 0.3 is 0 Å². The predicted octanol–water partition coefficient (Wildman–Crippen LogP) is 5.37. The van der Waals surface area contributed by atoms with Crippen LogP contribution >= 0.6 is 0 Å². The van der Waals surface area contributed by atoms with Gasteiger partial charge in [-0.15, -0.1) is 0 Å². The fourth-order valence-electron chi connectivity index (χ4n) is 2.46. The Kier molecular flexibility index (Phi) is 11.2. The van der Waals surface area contributed by atoms with Crippen molar-refractivity contribution in [3.63, 3.8) is 0 Å². The third-order valence-electron chi connectivity index (χ3n) is 3.31. The second kappa shape index (κ2) is 11.5. The topological polar surface area (TPSA) is 26.0 Å². The SMILES string of the molecule is CCC/C=C(CCC)/C(CCC)=C(\CN)CCC. The summed E-state index contributed by atoms with van der Waals surface area (Å²) in [6.07, 6.45) is 12.1. The number of rotatable bonds is 10. The first kappa shape index (κ1) is 17.4. The molecule has 0 fully saturated rings. The van der Waals surface area contributed by atoms with Gasteiger partial charge < -0.3 is 5.73 Å². The molecular weight excluding hydrogens is 218 g/mol. The smallest absolute Gasteiger partial charge is 0.0142 e. The fraction of sp³-hybridized carbons (Fsp3) is 0.765. The zero-order valence-corrected chi connectivity index (χ0v) is 13.0. The summed E-state index contributed by atoms with van der Waals surface area (Å²) in [5.41, 5.74) is 10.6. The number of unbranched alkanes of at least 4 members (excludes halogenated alkanes) is 1. The maximum atomic E-state index is 5.97. The summed E-state index contributed by atoms with van der Waals surface area (Å²) >= 11 is 0. The summed E-state index contributed by atoms with van der Waals surface area (Å²) in [5.74, 6) is 0. The molecule has 0 saturated carbocycles. The largest absolute Gasteiger partial charge is 0.327 e. The lowest BCUT2D eigenvalue weighted by Crippen LogP contribution is -2.08. The van der Waals surface area contributed by atoms with Crippen LogP contribution in [0, 0.1) is 0 Å². The minimum absolute atomic E-state index is 0.732. The highest BCUT2D eigenvalue weighted by molar-refractivity contribution is 5.36. The molecule has 0 aromatic carbocycles. The van der Waals surface area contributed by atoms with Gasteiger partial charge in [-0.2, -0.15) is 0 Å². The van der Waals surface area contributed by atoms with Crippen molar-refractivity contribution in [3.05, 3.63) is 22.8 Å². The Morgan fingerprint density at radius 3 is 1.89 bits per heavy atom. The van der Waals surface area contributed by atoms with Crippen LogP contribution in [-0.4, -0.2) is 6.54 Å². The van der Waals surface area contributed by atoms with Crippen LogP contribution in [0.2, 0.25) is 0 Å². The van der Waals surface area contributed by atoms with E-state index in [1.54, 1.807) is 11.1 Å². The van der Waals surface area contributed by atoms with Crippen LogP contribution in [0.5, 0.6) is 0 Å². The molecule has 0 aliphatic carbocycles. The average molecular weight is 251 g/mol. The molecule has 1 nitrogen and oxygen atoms in total. The van der Waals surface area contributed by atoms with Crippen molar-refractivity contribution in [2.24, 2.45) is 5.73 Å². The summed E-state index contributed by atoms with van der Waals surface area (Å²) in [6, 6.07) is 0. The Labute approximate surface area is 115 Å². The van der Waals surface area contributed by atoms with Gasteiger partial charge in [0.05, 0.1) is 0 Å². The Hall–Kier alpha value is -0.560. The number of allylic oxidation sites excluding steroid dienone is 3. The lowest BCUT2D eigenvalue weighted by molar-refractivity contribution is 0.790. The number of nitrogens with two attached hydrogens (primary N) is 1.